The Kier molecular flexibility index (Phi) is 5.27. The molecular weight excluding hydrogens is 290 g/mol. The molecule has 2 rings (SSSR count). The Morgan fingerprint density at radius 2 is 2.29 bits per heavy atom. The minimum atomic E-state index is -0.805. The van der Waals surface area contributed by atoms with E-state index in [1.165, 1.54) is 0 Å². The largest absolute Gasteiger partial charge is 0.362 e. The standard InChI is InChI=1S/C14H21N3O3S/c1-3-21(20)12-6-4-5-11(9-12)16-14-13(17(18)19)10(2)7-8-15-14/h7-8,11-12H,3-6,9H2,1-2H3,(H,15,16)/t11-,12-,21-/m0/s1. The summed E-state index contributed by atoms with van der Waals surface area (Å²) >= 11 is 0. The van der Waals surface area contributed by atoms with Crippen molar-refractivity contribution in [3.63, 3.8) is 0 Å². The fourth-order valence-corrected chi connectivity index (χ4v) is 4.18. The SMILES string of the molecule is CC[S@](=O)[C@H]1CCC[C@H](Nc2nccc(C)c2[N+](=O)[O-])C1. The van der Waals surface area contributed by atoms with Crippen molar-refractivity contribution < 1.29 is 9.13 Å². The van der Waals surface area contributed by atoms with Gasteiger partial charge in [0.25, 0.3) is 0 Å². The van der Waals surface area contributed by atoms with E-state index in [0.29, 0.717) is 17.1 Å². The van der Waals surface area contributed by atoms with Crippen molar-refractivity contribution in [3.8, 4) is 0 Å². The van der Waals surface area contributed by atoms with Crippen LogP contribution in [-0.2, 0) is 10.8 Å². The lowest BCUT2D eigenvalue weighted by Gasteiger charge is -2.29. The molecule has 116 valence electrons. The summed E-state index contributed by atoms with van der Waals surface area (Å²) in [4.78, 5) is 14.9. The second kappa shape index (κ2) is 6.98. The summed E-state index contributed by atoms with van der Waals surface area (Å²) in [5.74, 6) is 0.994. The molecule has 3 atom stereocenters. The Morgan fingerprint density at radius 1 is 1.52 bits per heavy atom. The van der Waals surface area contributed by atoms with Gasteiger partial charge in [-0.1, -0.05) is 13.3 Å². The molecule has 1 aliphatic rings. The van der Waals surface area contributed by atoms with Crippen molar-refractivity contribution in [2.24, 2.45) is 0 Å². The first-order valence-corrected chi connectivity index (χ1v) is 8.64. The van der Waals surface area contributed by atoms with Crippen molar-refractivity contribution in [1.82, 2.24) is 4.98 Å². The first kappa shape index (κ1) is 15.9. The molecule has 7 heteroatoms. The highest BCUT2D eigenvalue weighted by molar-refractivity contribution is 7.85. The monoisotopic (exact) mass is 311 g/mol. The molecule has 1 fully saturated rings. The first-order valence-electron chi connectivity index (χ1n) is 7.26. The maximum atomic E-state index is 12.0. The number of anilines is 1. The molecule has 0 amide bonds. The average Bonchev–Trinajstić information content (AvgIpc) is 2.46. The van der Waals surface area contributed by atoms with E-state index in [9.17, 15) is 14.3 Å². The smallest absolute Gasteiger partial charge is 0.314 e. The maximum Gasteiger partial charge on any atom is 0.314 e. The van der Waals surface area contributed by atoms with Crippen LogP contribution in [0.5, 0.6) is 0 Å². The summed E-state index contributed by atoms with van der Waals surface area (Å²) in [7, 11) is -0.805. The van der Waals surface area contributed by atoms with Crippen LogP contribution >= 0.6 is 0 Å². The molecule has 0 aliphatic heterocycles. The molecular formula is C14H21N3O3S. The van der Waals surface area contributed by atoms with Crippen LogP contribution < -0.4 is 5.32 Å². The Bertz CT molecular complexity index is 550. The molecule has 1 aromatic rings. The molecule has 0 bridgehead atoms. The van der Waals surface area contributed by atoms with E-state index in [4.69, 9.17) is 0 Å². The number of rotatable bonds is 5. The molecule has 1 saturated carbocycles. The third kappa shape index (κ3) is 3.78. The van der Waals surface area contributed by atoms with Crippen LogP contribution in [0.3, 0.4) is 0 Å². The lowest BCUT2D eigenvalue weighted by atomic mass is 9.95. The highest BCUT2D eigenvalue weighted by atomic mass is 32.2. The van der Waals surface area contributed by atoms with Gasteiger partial charge in [0.1, 0.15) is 0 Å². The van der Waals surface area contributed by atoms with E-state index < -0.39 is 15.7 Å². The second-order valence-corrected chi connectivity index (χ2v) is 7.39. The van der Waals surface area contributed by atoms with E-state index in [0.717, 1.165) is 25.7 Å². The van der Waals surface area contributed by atoms with Gasteiger partial charge < -0.3 is 5.32 Å². The Morgan fingerprint density at radius 3 is 2.95 bits per heavy atom. The van der Waals surface area contributed by atoms with E-state index in [1.54, 1.807) is 19.2 Å². The van der Waals surface area contributed by atoms with Gasteiger partial charge in [0.15, 0.2) is 0 Å². The van der Waals surface area contributed by atoms with Crippen LogP contribution in [0.1, 0.15) is 38.2 Å². The van der Waals surface area contributed by atoms with Gasteiger partial charge in [-0.2, -0.15) is 0 Å². The van der Waals surface area contributed by atoms with Crippen LogP contribution in [0.25, 0.3) is 0 Å². The predicted octanol–water partition coefficient (Wildman–Crippen LogP) is 2.79. The number of pyridine rings is 1. The third-order valence-corrected chi connectivity index (χ3v) is 5.67. The van der Waals surface area contributed by atoms with Gasteiger partial charge in [-0.25, -0.2) is 4.98 Å². The fourth-order valence-electron chi connectivity index (χ4n) is 2.83. The van der Waals surface area contributed by atoms with Crippen molar-refractivity contribution in [2.45, 2.75) is 50.8 Å². The van der Waals surface area contributed by atoms with E-state index >= 15 is 0 Å². The average molecular weight is 311 g/mol. The van der Waals surface area contributed by atoms with Gasteiger partial charge in [0, 0.05) is 39.6 Å². The van der Waals surface area contributed by atoms with Gasteiger partial charge in [-0.15, -0.1) is 0 Å². The molecule has 0 saturated heterocycles. The summed E-state index contributed by atoms with van der Waals surface area (Å²) in [6, 6.07) is 1.74. The van der Waals surface area contributed by atoms with Gasteiger partial charge in [-0.3, -0.25) is 14.3 Å². The van der Waals surface area contributed by atoms with Crippen LogP contribution in [0, 0.1) is 17.0 Å². The molecule has 0 spiro atoms. The van der Waals surface area contributed by atoms with Gasteiger partial charge >= 0.3 is 5.69 Å². The van der Waals surface area contributed by atoms with E-state index in [1.807, 2.05) is 6.92 Å². The summed E-state index contributed by atoms with van der Waals surface area (Å²) in [6.45, 7) is 3.64. The number of hydrogen-bond donors (Lipinski definition) is 1. The first-order chi connectivity index (χ1) is 10.0. The zero-order chi connectivity index (χ0) is 15.4. The van der Waals surface area contributed by atoms with E-state index in [2.05, 4.69) is 10.3 Å². The number of aryl methyl sites for hydroxylation is 1. The number of nitro groups is 1. The quantitative estimate of drug-likeness (QED) is 0.667. The lowest BCUT2D eigenvalue weighted by molar-refractivity contribution is -0.384. The molecule has 1 aliphatic carbocycles. The van der Waals surface area contributed by atoms with Crippen molar-refractivity contribution in [1.29, 1.82) is 0 Å². The minimum Gasteiger partial charge on any atom is -0.362 e. The number of nitrogens with one attached hydrogen (secondary N) is 1. The molecule has 1 aromatic heterocycles. The second-order valence-electron chi connectivity index (χ2n) is 5.38. The van der Waals surface area contributed by atoms with Gasteiger partial charge in [0.2, 0.25) is 5.82 Å². The van der Waals surface area contributed by atoms with Crippen LogP contribution in [-0.4, -0.2) is 31.2 Å². The third-order valence-electron chi connectivity index (χ3n) is 3.93. The summed E-state index contributed by atoms with van der Waals surface area (Å²) < 4.78 is 12.0. The van der Waals surface area contributed by atoms with E-state index in [-0.39, 0.29) is 17.0 Å². The molecule has 6 nitrogen and oxygen atoms in total. The van der Waals surface area contributed by atoms with Crippen molar-refractivity contribution >= 4 is 22.3 Å². The summed E-state index contributed by atoms with van der Waals surface area (Å²) in [5, 5.41) is 14.6. The molecule has 21 heavy (non-hydrogen) atoms. The van der Waals surface area contributed by atoms with Gasteiger partial charge in [-0.05, 0) is 32.3 Å². The number of hydrogen-bond acceptors (Lipinski definition) is 5. The molecule has 1 heterocycles. The number of aromatic nitrogens is 1. The molecule has 0 unspecified atom stereocenters. The van der Waals surface area contributed by atoms with Crippen molar-refractivity contribution in [2.75, 3.05) is 11.1 Å². The molecule has 1 N–H and O–H groups in total. The molecule has 0 radical (unpaired) electrons. The Balaban J connectivity index is 2.13. The fraction of sp³-hybridized carbons (Fsp3) is 0.643. The van der Waals surface area contributed by atoms with Gasteiger partial charge in [0.05, 0.1) is 4.92 Å². The molecule has 0 aromatic carbocycles. The number of nitrogens with zero attached hydrogens (tertiary/aromatic N) is 2. The van der Waals surface area contributed by atoms with Crippen LogP contribution in [0.2, 0.25) is 0 Å². The summed E-state index contributed by atoms with van der Waals surface area (Å²) in [5.41, 5.74) is 0.637. The summed E-state index contributed by atoms with van der Waals surface area (Å²) in [6.07, 6.45) is 5.27. The normalized spacial score (nSPS) is 23.5. The highest BCUT2D eigenvalue weighted by Gasteiger charge is 2.28. The minimum absolute atomic E-state index is 0.0382. The highest BCUT2D eigenvalue weighted by Crippen LogP contribution is 2.30. The zero-order valence-electron chi connectivity index (χ0n) is 12.4. The topological polar surface area (TPSA) is 85.1 Å². The maximum absolute atomic E-state index is 12.0. The Hall–Kier alpha value is -1.50. The van der Waals surface area contributed by atoms with Crippen molar-refractivity contribution in [3.05, 3.63) is 27.9 Å². The van der Waals surface area contributed by atoms with Crippen LogP contribution in [0.15, 0.2) is 12.3 Å². The predicted molar refractivity (Wildman–Crippen MR) is 84.0 cm³/mol. The lowest BCUT2D eigenvalue weighted by Crippen LogP contribution is -2.33. The zero-order valence-corrected chi connectivity index (χ0v) is 13.2. The Labute approximate surface area is 127 Å². The van der Waals surface area contributed by atoms with Crippen LogP contribution in [0.4, 0.5) is 11.5 Å².